The highest BCUT2D eigenvalue weighted by molar-refractivity contribution is 7.08. The third-order valence-electron chi connectivity index (χ3n) is 4.19. The van der Waals surface area contributed by atoms with Crippen molar-refractivity contribution in [3.8, 4) is 17.1 Å². The highest BCUT2D eigenvalue weighted by Gasteiger charge is 2.21. The second-order valence-electron chi connectivity index (χ2n) is 5.62. The zero-order valence-corrected chi connectivity index (χ0v) is 13.9. The van der Waals surface area contributed by atoms with Gasteiger partial charge in [-0.25, -0.2) is 4.98 Å². The van der Waals surface area contributed by atoms with Crippen LogP contribution in [0.3, 0.4) is 0 Å². The molecule has 0 bridgehead atoms. The van der Waals surface area contributed by atoms with Crippen LogP contribution in [0.2, 0.25) is 0 Å². The van der Waals surface area contributed by atoms with Crippen molar-refractivity contribution in [3.05, 3.63) is 29.1 Å². The minimum Gasteiger partial charge on any atom is -0.477 e. The van der Waals surface area contributed by atoms with Gasteiger partial charge in [0.2, 0.25) is 5.88 Å². The maximum absolute atomic E-state index is 5.77. The predicted molar refractivity (Wildman–Crippen MR) is 91.1 cm³/mol. The number of thiophene rings is 1. The van der Waals surface area contributed by atoms with Crippen LogP contribution < -0.4 is 4.74 Å². The molecule has 1 aliphatic rings. The first-order valence-electron chi connectivity index (χ1n) is 7.98. The average Bonchev–Trinajstić information content (AvgIpc) is 3.25. The lowest BCUT2D eigenvalue weighted by Gasteiger charge is -2.23. The number of hydrogen-bond acceptors (Lipinski definition) is 5. The van der Waals surface area contributed by atoms with Crippen LogP contribution in [-0.4, -0.2) is 34.6 Å². The SMILES string of the molecule is CCOc1nc(-c2ccsc2)cc2c1cnn2C1CCOCC1. The van der Waals surface area contributed by atoms with Gasteiger partial charge in [-0.3, -0.25) is 4.68 Å². The van der Waals surface area contributed by atoms with Gasteiger partial charge in [-0.15, -0.1) is 0 Å². The number of fused-ring (bicyclic) bond motifs is 1. The van der Waals surface area contributed by atoms with Gasteiger partial charge in [0.05, 0.1) is 35.4 Å². The maximum Gasteiger partial charge on any atom is 0.225 e. The van der Waals surface area contributed by atoms with E-state index >= 15 is 0 Å². The van der Waals surface area contributed by atoms with E-state index in [1.54, 1.807) is 11.3 Å². The van der Waals surface area contributed by atoms with E-state index in [-0.39, 0.29) is 0 Å². The molecular formula is C17H19N3O2S. The molecule has 1 aliphatic heterocycles. The first-order chi connectivity index (χ1) is 11.4. The van der Waals surface area contributed by atoms with Crippen LogP contribution in [0, 0.1) is 0 Å². The van der Waals surface area contributed by atoms with Gasteiger partial charge >= 0.3 is 0 Å². The van der Waals surface area contributed by atoms with Gasteiger partial charge in [-0.05, 0) is 37.3 Å². The largest absolute Gasteiger partial charge is 0.477 e. The van der Waals surface area contributed by atoms with Crippen LogP contribution in [0.15, 0.2) is 29.1 Å². The van der Waals surface area contributed by atoms with E-state index < -0.39 is 0 Å². The summed E-state index contributed by atoms with van der Waals surface area (Å²) in [5, 5.41) is 9.79. The quantitative estimate of drug-likeness (QED) is 0.728. The van der Waals surface area contributed by atoms with Crippen molar-refractivity contribution < 1.29 is 9.47 Å². The summed E-state index contributed by atoms with van der Waals surface area (Å²) in [4.78, 5) is 4.70. The summed E-state index contributed by atoms with van der Waals surface area (Å²) in [7, 11) is 0. The van der Waals surface area contributed by atoms with Gasteiger partial charge < -0.3 is 9.47 Å². The fraction of sp³-hybridized carbons (Fsp3) is 0.412. The lowest BCUT2D eigenvalue weighted by molar-refractivity contribution is 0.0675. The summed E-state index contributed by atoms with van der Waals surface area (Å²) >= 11 is 1.67. The Bertz CT molecular complexity index is 792. The Kier molecular flexibility index (Phi) is 4.01. The molecule has 6 heteroatoms. The Morgan fingerprint density at radius 2 is 2.26 bits per heavy atom. The van der Waals surface area contributed by atoms with Gasteiger partial charge in [-0.1, -0.05) is 0 Å². The van der Waals surface area contributed by atoms with Crippen molar-refractivity contribution in [1.29, 1.82) is 0 Å². The van der Waals surface area contributed by atoms with Crippen molar-refractivity contribution in [2.45, 2.75) is 25.8 Å². The molecule has 23 heavy (non-hydrogen) atoms. The molecule has 0 saturated carbocycles. The molecule has 0 atom stereocenters. The monoisotopic (exact) mass is 329 g/mol. The third-order valence-corrected chi connectivity index (χ3v) is 4.88. The molecule has 1 saturated heterocycles. The second-order valence-corrected chi connectivity index (χ2v) is 6.40. The van der Waals surface area contributed by atoms with E-state index in [9.17, 15) is 0 Å². The molecule has 120 valence electrons. The molecule has 0 aromatic carbocycles. The van der Waals surface area contributed by atoms with Crippen LogP contribution in [0.5, 0.6) is 5.88 Å². The number of ether oxygens (including phenoxy) is 2. The molecule has 4 rings (SSSR count). The van der Waals surface area contributed by atoms with E-state index in [0.717, 1.165) is 48.2 Å². The Morgan fingerprint density at radius 1 is 1.39 bits per heavy atom. The molecule has 0 unspecified atom stereocenters. The number of rotatable bonds is 4. The van der Waals surface area contributed by atoms with Crippen LogP contribution >= 0.6 is 11.3 Å². The summed E-state index contributed by atoms with van der Waals surface area (Å²) < 4.78 is 13.4. The molecule has 1 fully saturated rings. The summed E-state index contributed by atoms with van der Waals surface area (Å²) in [5.74, 6) is 0.671. The minimum atomic E-state index is 0.383. The molecule has 3 aromatic rings. The first kappa shape index (κ1) is 14.7. The van der Waals surface area contributed by atoms with Crippen molar-refractivity contribution >= 4 is 22.2 Å². The topological polar surface area (TPSA) is 49.2 Å². The van der Waals surface area contributed by atoms with Crippen molar-refractivity contribution in [3.63, 3.8) is 0 Å². The molecule has 0 aliphatic carbocycles. The first-order valence-corrected chi connectivity index (χ1v) is 8.92. The molecule has 0 spiro atoms. The van der Waals surface area contributed by atoms with E-state index in [1.807, 2.05) is 13.1 Å². The van der Waals surface area contributed by atoms with Crippen molar-refractivity contribution in [1.82, 2.24) is 14.8 Å². The lowest BCUT2D eigenvalue weighted by atomic mass is 10.1. The predicted octanol–water partition coefficient (Wildman–Crippen LogP) is 3.91. The van der Waals surface area contributed by atoms with Crippen molar-refractivity contribution in [2.75, 3.05) is 19.8 Å². The summed E-state index contributed by atoms with van der Waals surface area (Å²) in [6.45, 7) is 4.17. The summed E-state index contributed by atoms with van der Waals surface area (Å²) in [6, 6.07) is 4.60. The second kappa shape index (κ2) is 6.29. The van der Waals surface area contributed by atoms with Gasteiger partial charge in [0.15, 0.2) is 0 Å². The number of pyridine rings is 1. The van der Waals surface area contributed by atoms with E-state index in [0.29, 0.717) is 18.5 Å². The summed E-state index contributed by atoms with van der Waals surface area (Å²) in [6.07, 6.45) is 3.87. The molecule has 0 amide bonds. The number of hydrogen-bond donors (Lipinski definition) is 0. The van der Waals surface area contributed by atoms with Crippen LogP contribution in [0.4, 0.5) is 0 Å². The van der Waals surface area contributed by atoms with E-state index in [1.165, 1.54) is 0 Å². The zero-order chi connectivity index (χ0) is 15.6. The van der Waals surface area contributed by atoms with Crippen molar-refractivity contribution in [2.24, 2.45) is 0 Å². The Labute approximate surface area is 138 Å². The van der Waals surface area contributed by atoms with E-state index in [2.05, 4.69) is 32.7 Å². The molecule has 4 heterocycles. The van der Waals surface area contributed by atoms with Gasteiger partial charge in [0.25, 0.3) is 0 Å². The van der Waals surface area contributed by atoms with Crippen LogP contribution in [0.1, 0.15) is 25.8 Å². The molecule has 0 radical (unpaired) electrons. The Balaban J connectivity index is 1.85. The Morgan fingerprint density at radius 3 is 3.00 bits per heavy atom. The van der Waals surface area contributed by atoms with E-state index in [4.69, 9.17) is 14.5 Å². The fourth-order valence-corrected chi connectivity index (χ4v) is 3.69. The zero-order valence-electron chi connectivity index (χ0n) is 13.1. The molecular weight excluding hydrogens is 310 g/mol. The van der Waals surface area contributed by atoms with Gasteiger partial charge in [0, 0.05) is 24.2 Å². The molecule has 0 N–H and O–H groups in total. The highest BCUT2D eigenvalue weighted by atomic mass is 32.1. The lowest BCUT2D eigenvalue weighted by Crippen LogP contribution is -2.20. The minimum absolute atomic E-state index is 0.383. The normalized spacial score (nSPS) is 16.0. The Hall–Kier alpha value is -1.92. The smallest absolute Gasteiger partial charge is 0.225 e. The molecule has 3 aromatic heterocycles. The third kappa shape index (κ3) is 2.72. The standard InChI is InChI=1S/C17H19N3O2S/c1-2-22-17-14-10-18-20(13-3-6-21-7-4-13)16(14)9-15(19-17)12-5-8-23-11-12/h5,8-11,13H,2-4,6-7H2,1H3. The molecule has 5 nitrogen and oxygen atoms in total. The van der Waals surface area contributed by atoms with Gasteiger partial charge in [0.1, 0.15) is 0 Å². The number of aromatic nitrogens is 3. The summed E-state index contributed by atoms with van der Waals surface area (Å²) in [5.41, 5.74) is 3.16. The maximum atomic E-state index is 5.77. The average molecular weight is 329 g/mol. The van der Waals surface area contributed by atoms with Crippen LogP contribution in [0.25, 0.3) is 22.2 Å². The number of nitrogens with zero attached hydrogens (tertiary/aromatic N) is 3. The highest BCUT2D eigenvalue weighted by Crippen LogP contribution is 2.33. The van der Waals surface area contributed by atoms with Crippen LogP contribution in [-0.2, 0) is 4.74 Å². The van der Waals surface area contributed by atoms with Gasteiger partial charge in [-0.2, -0.15) is 16.4 Å². The fourth-order valence-electron chi connectivity index (χ4n) is 3.04.